The molecule has 4 heteroatoms. The standard InChI is InChI=1S/C12H18F2N2/c1-8(2)16(3)12-10(13)6-9(4-5-15)7-11(12)14/h6-8H,4-5,15H2,1-3H3. The van der Waals surface area contributed by atoms with Crippen molar-refractivity contribution in [2.45, 2.75) is 26.3 Å². The van der Waals surface area contributed by atoms with Gasteiger partial charge in [0.15, 0.2) is 0 Å². The third-order valence-corrected chi connectivity index (χ3v) is 2.64. The largest absolute Gasteiger partial charge is 0.367 e. The second-order valence-corrected chi connectivity index (χ2v) is 4.15. The molecular formula is C12H18F2N2. The summed E-state index contributed by atoms with van der Waals surface area (Å²) >= 11 is 0. The first-order valence-electron chi connectivity index (χ1n) is 5.38. The van der Waals surface area contributed by atoms with Crippen molar-refractivity contribution >= 4 is 5.69 Å². The molecular weight excluding hydrogens is 210 g/mol. The maximum atomic E-state index is 13.7. The Morgan fingerprint density at radius 2 is 1.75 bits per heavy atom. The third kappa shape index (κ3) is 2.70. The van der Waals surface area contributed by atoms with Crippen molar-refractivity contribution < 1.29 is 8.78 Å². The van der Waals surface area contributed by atoms with Gasteiger partial charge in [-0.15, -0.1) is 0 Å². The molecule has 1 rings (SSSR count). The quantitative estimate of drug-likeness (QED) is 0.856. The van der Waals surface area contributed by atoms with Gasteiger partial charge in [-0.25, -0.2) is 8.78 Å². The zero-order valence-corrected chi connectivity index (χ0v) is 9.93. The van der Waals surface area contributed by atoms with Crippen molar-refractivity contribution in [3.63, 3.8) is 0 Å². The first kappa shape index (κ1) is 12.9. The van der Waals surface area contributed by atoms with Crippen LogP contribution >= 0.6 is 0 Å². The molecule has 0 aliphatic rings. The lowest BCUT2D eigenvalue weighted by Gasteiger charge is -2.25. The van der Waals surface area contributed by atoms with Crippen molar-refractivity contribution in [2.24, 2.45) is 5.73 Å². The molecule has 1 aromatic carbocycles. The summed E-state index contributed by atoms with van der Waals surface area (Å²) in [5.74, 6) is -1.06. The van der Waals surface area contributed by atoms with E-state index in [1.165, 1.54) is 12.1 Å². The maximum absolute atomic E-state index is 13.7. The van der Waals surface area contributed by atoms with E-state index in [4.69, 9.17) is 5.73 Å². The van der Waals surface area contributed by atoms with Crippen LogP contribution in [0.2, 0.25) is 0 Å². The number of hydrogen-bond acceptors (Lipinski definition) is 2. The van der Waals surface area contributed by atoms with Crippen molar-refractivity contribution in [1.82, 2.24) is 0 Å². The first-order valence-corrected chi connectivity index (χ1v) is 5.38. The average Bonchev–Trinajstić information content (AvgIpc) is 2.16. The Morgan fingerprint density at radius 3 is 2.12 bits per heavy atom. The van der Waals surface area contributed by atoms with Crippen molar-refractivity contribution in [1.29, 1.82) is 0 Å². The van der Waals surface area contributed by atoms with Gasteiger partial charge in [0, 0.05) is 13.1 Å². The molecule has 0 aliphatic heterocycles. The third-order valence-electron chi connectivity index (χ3n) is 2.64. The van der Waals surface area contributed by atoms with Crippen LogP contribution in [0.1, 0.15) is 19.4 Å². The maximum Gasteiger partial charge on any atom is 0.149 e. The molecule has 0 radical (unpaired) electrons. The van der Waals surface area contributed by atoms with E-state index >= 15 is 0 Å². The molecule has 2 N–H and O–H groups in total. The van der Waals surface area contributed by atoms with Crippen LogP contribution in [0.25, 0.3) is 0 Å². The highest BCUT2D eigenvalue weighted by Crippen LogP contribution is 2.25. The molecule has 0 saturated heterocycles. The van der Waals surface area contributed by atoms with Crippen molar-refractivity contribution in [3.05, 3.63) is 29.3 Å². The SMILES string of the molecule is CC(C)N(C)c1c(F)cc(CCN)cc1F. The van der Waals surface area contributed by atoms with Crippen LogP contribution in [0.4, 0.5) is 14.5 Å². The monoisotopic (exact) mass is 228 g/mol. The van der Waals surface area contributed by atoms with E-state index in [1.807, 2.05) is 13.8 Å². The fraction of sp³-hybridized carbons (Fsp3) is 0.500. The van der Waals surface area contributed by atoms with Crippen LogP contribution in [-0.2, 0) is 6.42 Å². The molecule has 16 heavy (non-hydrogen) atoms. The van der Waals surface area contributed by atoms with Gasteiger partial charge < -0.3 is 10.6 Å². The van der Waals surface area contributed by atoms with Gasteiger partial charge in [0.2, 0.25) is 0 Å². The summed E-state index contributed by atoms with van der Waals surface area (Å²) < 4.78 is 27.4. The average molecular weight is 228 g/mol. The molecule has 0 saturated carbocycles. The molecule has 2 nitrogen and oxygen atoms in total. The number of anilines is 1. The molecule has 0 bridgehead atoms. The van der Waals surface area contributed by atoms with Gasteiger partial charge in [0.25, 0.3) is 0 Å². The number of nitrogens with two attached hydrogens (primary N) is 1. The minimum atomic E-state index is -0.528. The van der Waals surface area contributed by atoms with E-state index in [0.717, 1.165) is 0 Å². The van der Waals surface area contributed by atoms with E-state index in [-0.39, 0.29) is 11.7 Å². The molecule has 0 fully saturated rings. The Hall–Kier alpha value is -1.16. The molecule has 0 amide bonds. The number of rotatable bonds is 4. The molecule has 0 heterocycles. The lowest BCUT2D eigenvalue weighted by Crippen LogP contribution is -2.27. The zero-order chi connectivity index (χ0) is 12.3. The second kappa shape index (κ2) is 5.25. The Labute approximate surface area is 95.1 Å². The van der Waals surface area contributed by atoms with Crippen molar-refractivity contribution in [2.75, 3.05) is 18.5 Å². The van der Waals surface area contributed by atoms with Crippen LogP contribution in [0.5, 0.6) is 0 Å². The highest BCUT2D eigenvalue weighted by atomic mass is 19.1. The van der Waals surface area contributed by atoms with Gasteiger partial charge in [-0.1, -0.05) is 0 Å². The van der Waals surface area contributed by atoms with E-state index in [9.17, 15) is 8.78 Å². The van der Waals surface area contributed by atoms with Gasteiger partial charge >= 0.3 is 0 Å². The summed E-state index contributed by atoms with van der Waals surface area (Å²) in [5.41, 5.74) is 5.97. The summed E-state index contributed by atoms with van der Waals surface area (Å²) in [4.78, 5) is 1.58. The Morgan fingerprint density at radius 1 is 1.25 bits per heavy atom. The van der Waals surface area contributed by atoms with Gasteiger partial charge in [0.1, 0.15) is 17.3 Å². The number of hydrogen-bond donors (Lipinski definition) is 1. The zero-order valence-electron chi connectivity index (χ0n) is 9.93. The van der Waals surface area contributed by atoms with Gasteiger partial charge in [-0.3, -0.25) is 0 Å². The summed E-state index contributed by atoms with van der Waals surface area (Å²) in [6.45, 7) is 4.15. The van der Waals surface area contributed by atoms with E-state index < -0.39 is 11.6 Å². The number of halogens is 2. The van der Waals surface area contributed by atoms with Crippen LogP contribution < -0.4 is 10.6 Å². The molecule has 0 unspecified atom stereocenters. The van der Waals surface area contributed by atoms with E-state index in [1.54, 1.807) is 11.9 Å². The first-order chi connectivity index (χ1) is 7.47. The molecule has 0 aromatic heterocycles. The predicted molar refractivity (Wildman–Crippen MR) is 62.7 cm³/mol. The molecule has 0 spiro atoms. The molecule has 1 aromatic rings. The molecule has 90 valence electrons. The number of nitrogens with zero attached hydrogens (tertiary/aromatic N) is 1. The Bertz CT molecular complexity index is 341. The highest BCUT2D eigenvalue weighted by Gasteiger charge is 2.16. The molecule has 0 aliphatic carbocycles. The molecule has 0 atom stereocenters. The fourth-order valence-corrected chi connectivity index (χ4v) is 1.52. The van der Waals surface area contributed by atoms with Gasteiger partial charge in [0.05, 0.1) is 0 Å². The smallest absolute Gasteiger partial charge is 0.149 e. The topological polar surface area (TPSA) is 29.3 Å². The summed E-state index contributed by atoms with van der Waals surface area (Å²) in [6.07, 6.45) is 0.486. The second-order valence-electron chi connectivity index (χ2n) is 4.15. The van der Waals surface area contributed by atoms with Crippen molar-refractivity contribution in [3.8, 4) is 0 Å². The predicted octanol–water partition coefficient (Wildman–Crippen LogP) is 2.31. The summed E-state index contributed by atoms with van der Waals surface area (Å²) in [5, 5.41) is 0. The normalized spacial score (nSPS) is 10.9. The Kier molecular flexibility index (Phi) is 4.24. The van der Waals surface area contributed by atoms with Gasteiger partial charge in [-0.05, 0) is 44.5 Å². The minimum Gasteiger partial charge on any atom is -0.367 e. The summed E-state index contributed by atoms with van der Waals surface area (Å²) in [7, 11) is 1.68. The summed E-state index contributed by atoms with van der Waals surface area (Å²) in [6, 6.07) is 2.75. The number of benzene rings is 1. The van der Waals surface area contributed by atoms with Crippen LogP contribution in [0.15, 0.2) is 12.1 Å². The van der Waals surface area contributed by atoms with Crippen LogP contribution in [0, 0.1) is 11.6 Å². The van der Waals surface area contributed by atoms with E-state index in [2.05, 4.69) is 0 Å². The highest BCUT2D eigenvalue weighted by molar-refractivity contribution is 5.50. The lowest BCUT2D eigenvalue weighted by molar-refractivity contribution is 0.564. The fourth-order valence-electron chi connectivity index (χ4n) is 1.52. The van der Waals surface area contributed by atoms with Crippen LogP contribution in [-0.4, -0.2) is 19.6 Å². The van der Waals surface area contributed by atoms with Gasteiger partial charge in [-0.2, -0.15) is 0 Å². The van der Waals surface area contributed by atoms with E-state index in [0.29, 0.717) is 18.5 Å². The Balaban J connectivity index is 3.12. The minimum absolute atomic E-state index is 0.0239. The van der Waals surface area contributed by atoms with Crippen LogP contribution in [0.3, 0.4) is 0 Å². The lowest BCUT2D eigenvalue weighted by atomic mass is 10.1.